The number of carboxylic acid groups (broad SMARTS) is 1. The molecule has 3 aliphatic heterocycles. The molecule has 0 aromatic heterocycles. The molecule has 8 rings (SSSR count). The molecule has 13 N–H and O–H groups in total. The maximum atomic E-state index is 14.2. The minimum absolute atomic E-state index is 0.0753. The third kappa shape index (κ3) is 8.16. The SMILES string of the molecule is CC1(C(=O)OC2OC(CO)C(O)C(O)C2O)CC(O)C2(C)CCC3(C)C(=CCC4C5(C)CCC(OC6OC(C(=O)O)C(O)C(O)C6OC6OC(CO)C(O)C(O)C6O)C(C)(CO)C5CCC43C)C2C1. The predicted octanol–water partition coefficient (Wildman–Crippen LogP) is -1.82. The van der Waals surface area contributed by atoms with Crippen molar-refractivity contribution in [3.63, 3.8) is 0 Å². The van der Waals surface area contributed by atoms with Crippen LogP contribution in [0.15, 0.2) is 11.6 Å². The number of carbonyl (C=O) groups is 2. The second-order valence-corrected chi connectivity index (χ2v) is 23.3. The monoisotopic (exact) mass is 988 g/mol. The first-order valence-electron chi connectivity index (χ1n) is 24.6. The average Bonchev–Trinajstić information content (AvgIpc) is 3.30. The molecule has 21 heteroatoms. The number of carboxylic acids is 1. The van der Waals surface area contributed by atoms with E-state index in [0.29, 0.717) is 38.5 Å². The molecule has 5 aliphatic carbocycles. The maximum Gasteiger partial charge on any atom is 0.335 e. The van der Waals surface area contributed by atoms with Gasteiger partial charge >= 0.3 is 11.9 Å². The first-order valence-corrected chi connectivity index (χ1v) is 24.6. The summed E-state index contributed by atoms with van der Waals surface area (Å²) in [7, 11) is 0. The van der Waals surface area contributed by atoms with E-state index in [1.165, 1.54) is 5.57 Å². The molecule has 8 aliphatic rings. The van der Waals surface area contributed by atoms with E-state index in [-0.39, 0.29) is 36.2 Å². The molecule has 0 radical (unpaired) electrons. The van der Waals surface area contributed by atoms with E-state index in [2.05, 4.69) is 33.8 Å². The van der Waals surface area contributed by atoms with Gasteiger partial charge in [-0.25, -0.2) is 4.79 Å². The number of hydrogen-bond donors (Lipinski definition) is 13. The third-order valence-corrected chi connectivity index (χ3v) is 19.8. The number of aliphatic hydroxyl groups is 12. The molecule has 0 aromatic rings. The van der Waals surface area contributed by atoms with Gasteiger partial charge in [0.2, 0.25) is 6.29 Å². The molecule has 7 fully saturated rings. The molecule has 26 unspecified atom stereocenters. The molecule has 69 heavy (non-hydrogen) atoms. The summed E-state index contributed by atoms with van der Waals surface area (Å²) in [6.45, 7) is 10.7. The Labute approximate surface area is 400 Å². The Hall–Kier alpha value is -2.00. The zero-order valence-electron chi connectivity index (χ0n) is 40.2. The van der Waals surface area contributed by atoms with E-state index in [9.17, 15) is 76.0 Å². The number of hydrogen-bond acceptors (Lipinski definition) is 20. The van der Waals surface area contributed by atoms with Gasteiger partial charge in [-0.1, -0.05) is 46.3 Å². The second-order valence-electron chi connectivity index (χ2n) is 23.3. The van der Waals surface area contributed by atoms with Crippen molar-refractivity contribution in [3.05, 3.63) is 11.6 Å². The van der Waals surface area contributed by atoms with Gasteiger partial charge in [0.1, 0.15) is 67.1 Å². The van der Waals surface area contributed by atoms with Gasteiger partial charge in [0.05, 0.1) is 37.4 Å². The first kappa shape index (κ1) is 53.3. The van der Waals surface area contributed by atoms with Crippen LogP contribution >= 0.6 is 0 Å². The van der Waals surface area contributed by atoms with Gasteiger partial charge in [0, 0.05) is 10.8 Å². The number of carbonyl (C=O) groups excluding carboxylic acids is 1. The molecule has 0 spiro atoms. The fourth-order valence-electron chi connectivity index (χ4n) is 15.1. The molecule has 0 amide bonds. The van der Waals surface area contributed by atoms with E-state index >= 15 is 0 Å². The normalized spacial score (nSPS) is 55.3. The molecule has 0 bridgehead atoms. The van der Waals surface area contributed by atoms with E-state index in [1.807, 2.05) is 6.92 Å². The van der Waals surface area contributed by atoms with E-state index in [4.69, 9.17) is 28.4 Å². The fraction of sp³-hybridized carbons (Fsp3) is 0.917. The lowest BCUT2D eigenvalue weighted by molar-refractivity contribution is -0.375. The number of rotatable bonds is 10. The molecule has 3 saturated heterocycles. The van der Waals surface area contributed by atoms with Gasteiger partial charge in [0.25, 0.3) is 0 Å². The summed E-state index contributed by atoms with van der Waals surface area (Å²) in [6, 6.07) is 0. The quantitative estimate of drug-likeness (QED) is 0.0651. The van der Waals surface area contributed by atoms with Crippen LogP contribution in [0.25, 0.3) is 0 Å². The van der Waals surface area contributed by atoms with Gasteiger partial charge < -0.3 is 94.8 Å². The van der Waals surface area contributed by atoms with Crippen LogP contribution in [-0.4, -0.2) is 202 Å². The lowest BCUT2D eigenvalue weighted by atomic mass is 9.33. The maximum absolute atomic E-state index is 14.2. The van der Waals surface area contributed by atoms with Gasteiger partial charge in [-0.2, -0.15) is 0 Å². The highest BCUT2D eigenvalue weighted by molar-refractivity contribution is 5.77. The van der Waals surface area contributed by atoms with Crippen molar-refractivity contribution in [3.8, 4) is 0 Å². The van der Waals surface area contributed by atoms with E-state index in [1.54, 1.807) is 6.92 Å². The number of fused-ring (bicyclic) bond motifs is 7. The summed E-state index contributed by atoms with van der Waals surface area (Å²) in [5.74, 6) is -2.69. The van der Waals surface area contributed by atoms with E-state index < -0.39 is 157 Å². The Bertz CT molecular complexity index is 1940. The topological polar surface area (TPSA) is 353 Å². The number of aliphatic carboxylic acids is 1. The van der Waals surface area contributed by atoms with Crippen molar-refractivity contribution in [1.29, 1.82) is 0 Å². The zero-order chi connectivity index (χ0) is 50.7. The van der Waals surface area contributed by atoms with Crippen LogP contribution in [0, 0.1) is 50.2 Å². The van der Waals surface area contributed by atoms with Crippen LogP contribution in [0.2, 0.25) is 0 Å². The lowest BCUT2D eigenvalue weighted by Gasteiger charge is -2.71. The van der Waals surface area contributed by atoms with Crippen LogP contribution in [0.4, 0.5) is 0 Å². The van der Waals surface area contributed by atoms with E-state index in [0.717, 1.165) is 12.8 Å². The minimum Gasteiger partial charge on any atom is -0.479 e. The molecule has 394 valence electrons. The van der Waals surface area contributed by atoms with Crippen LogP contribution in [0.5, 0.6) is 0 Å². The Morgan fingerprint density at radius 2 is 1.25 bits per heavy atom. The Morgan fingerprint density at radius 3 is 1.84 bits per heavy atom. The van der Waals surface area contributed by atoms with Gasteiger partial charge in [-0.05, 0) is 98.7 Å². The predicted molar refractivity (Wildman–Crippen MR) is 234 cm³/mol. The van der Waals surface area contributed by atoms with Crippen molar-refractivity contribution in [2.75, 3.05) is 19.8 Å². The highest BCUT2D eigenvalue weighted by Gasteiger charge is 2.70. The number of ether oxygens (including phenoxy) is 6. The van der Waals surface area contributed by atoms with Crippen LogP contribution in [0.3, 0.4) is 0 Å². The van der Waals surface area contributed by atoms with Crippen molar-refractivity contribution in [2.24, 2.45) is 50.2 Å². The molecular weight excluding hydrogens is 913 g/mol. The summed E-state index contributed by atoms with van der Waals surface area (Å²) >= 11 is 0. The highest BCUT2D eigenvalue weighted by Crippen LogP contribution is 2.76. The molecule has 0 aromatic carbocycles. The first-order chi connectivity index (χ1) is 32.2. The highest BCUT2D eigenvalue weighted by atomic mass is 16.8. The van der Waals surface area contributed by atoms with Gasteiger partial charge in [0.15, 0.2) is 18.7 Å². The smallest absolute Gasteiger partial charge is 0.335 e. The summed E-state index contributed by atoms with van der Waals surface area (Å²) in [5.41, 5.74) is -2.76. The standard InChI is InChI=1S/C48H76O21/c1-43(42(63)69-40-35(60)31(56)29(54)23(18-50)65-40)15-21-20-7-8-25-45(3)11-10-27(46(4,19-51)24(45)9-12-48(25,6)47(20,5)14-13-44(21,2)26(52)16-43)66-41-37(33(58)32(57)36(67-41)38(61)62)68-39-34(59)30(55)28(53)22(17-49)64-39/h7,21-37,39-41,49-60H,8-19H2,1-6H3,(H,61,62). The Morgan fingerprint density at radius 1 is 0.638 bits per heavy atom. The zero-order valence-corrected chi connectivity index (χ0v) is 40.2. The minimum atomic E-state index is -2.04. The van der Waals surface area contributed by atoms with Crippen LogP contribution < -0.4 is 0 Å². The van der Waals surface area contributed by atoms with Gasteiger partial charge in [-0.3, -0.25) is 4.79 Å². The molecule has 21 nitrogen and oxygen atoms in total. The van der Waals surface area contributed by atoms with Crippen molar-refractivity contribution in [2.45, 2.75) is 204 Å². The molecule has 4 saturated carbocycles. The fourth-order valence-corrected chi connectivity index (χ4v) is 15.1. The third-order valence-electron chi connectivity index (χ3n) is 19.8. The van der Waals surface area contributed by atoms with Crippen LogP contribution in [0.1, 0.15) is 99.3 Å². The molecule has 26 atom stereocenters. The Kier molecular flexibility index (Phi) is 14.5. The van der Waals surface area contributed by atoms with Gasteiger partial charge in [-0.15, -0.1) is 0 Å². The second kappa shape index (κ2) is 18.7. The molecular formula is C48H76O21. The van der Waals surface area contributed by atoms with Crippen molar-refractivity contribution in [1.82, 2.24) is 0 Å². The van der Waals surface area contributed by atoms with Crippen molar-refractivity contribution < 1.29 is 104 Å². The Balaban J connectivity index is 1.05. The summed E-state index contributed by atoms with van der Waals surface area (Å²) in [5, 5.41) is 138. The summed E-state index contributed by atoms with van der Waals surface area (Å²) < 4.78 is 35.1. The number of allylic oxidation sites excluding steroid dienone is 2. The summed E-state index contributed by atoms with van der Waals surface area (Å²) in [6.07, 6.45) is -20.8. The largest absolute Gasteiger partial charge is 0.479 e. The average molecular weight is 989 g/mol. The van der Waals surface area contributed by atoms with Crippen LogP contribution in [-0.2, 0) is 38.0 Å². The number of aliphatic hydroxyl groups excluding tert-OH is 12. The van der Waals surface area contributed by atoms with Crippen molar-refractivity contribution >= 4 is 11.9 Å². The lowest BCUT2D eigenvalue weighted by Crippen LogP contribution is -2.68. The molecule has 3 heterocycles. The summed E-state index contributed by atoms with van der Waals surface area (Å²) in [4.78, 5) is 26.5. The number of esters is 1.